The Morgan fingerprint density at radius 3 is 2.46 bits per heavy atom. The van der Waals surface area contributed by atoms with E-state index in [1.54, 1.807) is 6.07 Å². The fraction of sp³-hybridized carbons (Fsp3) is 0.0714. The molecule has 0 spiro atoms. The fourth-order valence-corrected chi connectivity index (χ4v) is 5.58. The van der Waals surface area contributed by atoms with E-state index in [1.807, 2.05) is 84.9 Å². The Morgan fingerprint density at radius 2 is 1.60 bits per heavy atom. The molecule has 2 heterocycles. The first-order valence-electron chi connectivity index (χ1n) is 11.1. The first-order chi connectivity index (χ1) is 17.1. The van der Waals surface area contributed by atoms with Gasteiger partial charge in [-0.2, -0.15) is 0 Å². The fourth-order valence-electron chi connectivity index (χ4n) is 4.43. The van der Waals surface area contributed by atoms with Gasteiger partial charge in [0.25, 0.3) is 0 Å². The van der Waals surface area contributed by atoms with Crippen LogP contribution in [0.15, 0.2) is 96.2 Å². The lowest BCUT2D eigenvalue weighted by Gasteiger charge is -2.17. The van der Waals surface area contributed by atoms with E-state index in [1.165, 1.54) is 16.7 Å². The lowest BCUT2D eigenvalue weighted by atomic mass is 10.1. The summed E-state index contributed by atoms with van der Waals surface area (Å²) >= 11 is 7.49. The number of benzene rings is 4. The maximum atomic E-state index is 13.4. The Labute approximate surface area is 210 Å². The number of anilines is 1. The Kier molecular flexibility index (Phi) is 5.47. The molecule has 1 aliphatic rings. The molecule has 1 fully saturated rings. The van der Waals surface area contributed by atoms with Crippen LogP contribution in [-0.2, 0) is 9.59 Å². The van der Waals surface area contributed by atoms with Crippen molar-refractivity contribution in [3.63, 3.8) is 0 Å². The van der Waals surface area contributed by atoms with E-state index in [9.17, 15) is 9.59 Å². The van der Waals surface area contributed by atoms with Crippen LogP contribution in [0.4, 0.5) is 5.69 Å². The summed E-state index contributed by atoms with van der Waals surface area (Å²) in [5, 5.41) is 3.12. The molecule has 0 unspecified atom stereocenters. The molecule has 1 saturated heterocycles. The topological polar surface area (TPSA) is 63.2 Å². The van der Waals surface area contributed by atoms with Gasteiger partial charge < -0.3 is 0 Å². The molecule has 5 aromatic rings. The molecule has 5 nitrogen and oxygen atoms in total. The zero-order valence-corrected chi connectivity index (χ0v) is 20.0. The first kappa shape index (κ1) is 21.8. The van der Waals surface area contributed by atoms with Crippen LogP contribution in [0.1, 0.15) is 6.42 Å². The average molecular weight is 496 g/mol. The minimum absolute atomic E-state index is 0.0927. The molecule has 35 heavy (non-hydrogen) atoms. The van der Waals surface area contributed by atoms with Gasteiger partial charge in [-0.15, -0.1) is 0 Å². The molecule has 2 amide bonds. The summed E-state index contributed by atoms with van der Waals surface area (Å²) in [5.74, 6) is -0.475. The normalized spacial score (nSPS) is 15.9. The van der Waals surface area contributed by atoms with Gasteiger partial charge in [-0.1, -0.05) is 90.1 Å². The predicted molar refractivity (Wildman–Crippen MR) is 141 cm³/mol. The Bertz CT molecular complexity index is 1620. The molecule has 0 saturated carbocycles. The molecule has 0 radical (unpaired) electrons. The number of aromatic nitrogens is 2. The lowest BCUT2D eigenvalue weighted by molar-refractivity contribution is -0.121. The van der Waals surface area contributed by atoms with Gasteiger partial charge in [0.15, 0.2) is 5.16 Å². The van der Waals surface area contributed by atoms with Gasteiger partial charge in [-0.25, -0.2) is 14.9 Å². The lowest BCUT2D eigenvalue weighted by Crippen LogP contribution is -2.31. The van der Waals surface area contributed by atoms with E-state index < -0.39 is 5.25 Å². The second-order valence-corrected chi connectivity index (χ2v) is 9.86. The molecule has 0 aliphatic carbocycles. The third kappa shape index (κ3) is 3.95. The Balaban J connectivity index is 1.38. The summed E-state index contributed by atoms with van der Waals surface area (Å²) in [7, 11) is 0. The number of halogens is 1. The molecule has 6 rings (SSSR count). The van der Waals surface area contributed by atoms with Crippen LogP contribution in [0.5, 0.6) is 0 Å². The molecule has 1 aliphatic heterocycles. The van der Waals surface area contributed by atoms with Crippen molar-refractivity contribution < 1.29 is 9.59 Å². The quantitative estimate of drug-likeness (QED) is 0.209. The summed E-state index contributed by atoms with van der Waals surface area (Å²) in [6, 6.07) is 28.7. The number of hydrogen-bond donors (Lipinski definition) is 0. The van der Waals surface area contributed by atoms with Gasteiger partial charge in [0.2, 0.25) is 11.8 Å². The van der Waals surface area contributed by atoms with Crippen molar-refractivity contribution in [1.29, 1.82) is 0 Å². The van der Waals surface area contributed by atoms with Crippen LogP contribution in [0.2, 0.25) is 5.02 Å². The number of carbonyl (C=O) groups excluding carboxylic acids is 2. The Hall–Kier alpha value is -3.74. The monoisotopic (exact) mass is 495 g/mol. The second-order valence-electron chi connectivity index (χ2n) is 8.26. The highest BCUT2D eigenvalue weighted by atomic mass is 35.5. The number of amides is 2. The van der Waals surface area contributed by atoms with Crippen molar-refractivity contribution in [2.45, 2.75) is 16.8 Å². The number of imide groups is 1. The van der Waals surface area contributed by atoms with Crippen LogP contribution in [0, 0.1) is 0 Å². The van der Waals surface area contributed by atoms with E-state index in [0.717, 1.165) is 32.9 Å². The number of nitrogens with zero attached hydrogens (tertiary/aromatic N) is 3. The highest BCUT2D eigenvalue weighted by molar-refractivity contribution is 8.00. The number of rotatable bonds is 4. The smallest absolute Gasteiger partial charge is 0.247 e. The van der Waals surface area contributed by atoms with Crippen LogP contribution in [-0.4, -0.2) is 27.0 Å². The van der Waals surface area contributed by atoms with Gasteiger partial charge in [0, 0.05) is 27.8 Å². The second kappa shape index (κ2) is 8.80. The van der Waals surface area contributed by atoms with Crippen molar-refractivity contribution in [3.05, 3.63) is 96.0 Å². The third-order valence-corrected chi connectivity index (χ3v) is 7.33. The van der Waals surface area contributed by atoms with Gasteiger partial charge in [0.1, 0.15) is 5.25 Å². The van der Waals surface area contributed by atoms with Crippen molar-refractivity contribution in [3.8, 4) is 11.3 Å². The molecule has 1 atom stereocenters. The van der Waals surface area contributed by atoms with Gasteiger partial charge in [-0.05, 0) is 29.7 Å². The molecule has 170 valence electrons. The maximum absolute atomic E-state index is 13.4. The number of hydrogen-bond acceptors (Lipinski definition) is 5. The molecule has 7 heteroatoms. The van der Waals surface area contributed by atoms with Gasteiger partial charge in [-0.3, -0.25) is 9.59 Å². The van der Waals surface area contributed by atoms with Gasteiger partial charge in [0.05, 0.1) is 16.9 Å². The first-order valence-corrected chi connectivity index (χ1v) is 12.4. The van der Waals surface area contributed by atoms with Crippen LogP contribution in [0.3, 0.4) is 0 Å². The molecule has 1 aromatic heterocycles. The minimum Gasteiger partial charge on any atom is -0.274 e. The van der Waals surface area contributed by atoms with E-state index in [2.05, 4.69) is 4.98 Å². The third-order valence-electron chi connectivity index (χ3n) is 6.04. The summed E-state index contributed by atoms with van der Waals surface area (Å²) in [4.78, 5) is 37.2. The van der Waals surface area contributed by atoms with Crippen molar-refractivity contribution in [2.75, 3.05) is 4.90 Å². The van der Waals surface area contributed by atoms with Crippen LogP contribution >= 0.6 is 23.4 Å². The zero-order chi connectivity index (χ0) is 23.9. The number of fused-ring (bicyclic) bond motifs is 2. The minimum atomic E-state index is -0.602. The van der Waals surface area contributed by atoms with Crippen LogP contribution < -0.4 is 4.90 Å². The summed E-state index contributed by atoms with van der Waals surface area (Å²) < 4.78 is 0. The standard InChI is InChI=1S/C28H18ClN3O2S/c29-19-13-14-22-21(15-19)26(18-8-2-1-3-9-18)31-28(30-22)35-24-16-25(33)32(27(24)34)23-12-6-10-17-7-4-5-11-20(17)23/h1-15,24H,16H2/t24-/m0/s1. The molecular weight excluding hydrogens is 478 g/mol. The summed E-state index contributed by atoms with van der Waals surface area (Å²) in [6.07, 6.45) is 0.0927. The maximum Gasteiger partial charge on any atom is 0.247 e. The molecule has 0 bridgehead atoms. The van der Waals surface area contributed by atoms with Crippen molar-refractivity contribution in [1.82, 2.24) is 9.97 Å². The Morgan fingerprint density at radius 1 is 0.829 bits per heavy atom. The highest BCUT2D eigenvalue weighted by Crippen LogP contribution is 2.37. The van der Waals surface area contributed by atoms with Crippen molar-refractivity contribution in [2.24, 2.45) is 0 Å². The van der Waals surface area contributed by atoms with E-state index >= 15 is 0 Å². The molecular formula is C28H18ClN3O2S. The number of thioether (sulfide) groups is 1. The average Bonchev–Trinajstić information content (AvgIpc) is 3.16. The zero-order valence-electron chi connectivity index (χ0n) is 18.4. The highest BCUT2D eigenvalue weighted by Gasteiger charge is 2.41. The predicted octanol–water partition coefficient (Wildman–Crippen LogP) is 6.53. The summed E-state index contributed by atoms with van der Waals surface area (Å²) in [6.45, 7) is 0. The van der Waals surface area contributed by atoms with Gasteiger partial charge >= 0.3 is 0 Å². The van der Waals surface area contributed by atoms with Crippen LogP contribution in [0.25, 0.3) is 32.9 Å². The summed E-state index contributed by atoms with van der Waals surface area (Å²) in [5.41, 5.74) is 3.01. The molecule has 4 aromatic carbocycles. The molecule has 0 N–H and O–H groups in total. The number of carbonyl (C=O) groups is 2. The SMILES string of the molecule is O=C1C[C@H](Sc2nc(-c3ccccc3)c3cc(Cl)ccc3n2)C(=O)N1c1cccc2ccccc12. The van der Waals surface area contributed by atoms with E-state index in [0.29, 0.717) is 15.9 Å². The largest absolute Gasteiger partial charge is 0.274 e. The van der Waals surface area contributed by atoms with E-state index in [-0.39, 0.29) is 18.2 Å². The van der Waals surface area contributed by atoms with E-state index in [4.69, 9.17) is 16.6 Å². The van der Waals surface area contributed by atoms with Crippen molar-refractivity contribution >= 4 is 62.5 Å².